The van der Waals surface area contributed by atoms with Gasteiger partial charge in [-0.3, -0.25) is 0 Å². The van der Waals surface area contributed by atoms with Gasteiger partial charge in [0.2, 0.25) is 0 Å². The molecule has 0 amide bonds. The topological polar surface area (TPSA) is 37.3 Å². The lowest BCUT2D eigenvalue weighted by atomic mass is 9.99. The fraction of sp³-hybridized carbons (Fsp3) is 0.0833. The zero-order chi connectivity index (χ0) is 10.7. The number of aryl methyl sites for hydroxylation is 1. The number of aromatic carboxylic acids is 1. The highest BCUT2D eigenvalue weighted by molar-refractivity contribution is 5.89. The van der Waals surface area contributed by atoms with Gasteiger partial charge in [-0.1, -0.05) is 25.3 Å². The zero-order valence-corrected chi connectivity index (χ0v) is 8.08. The average molecular weight is 188 g/mol. The maximum absolute atomic E-state index is 10.7. The quantitative estimate of drug-likeness (QED) is 0.740. The number of hydrogen-bond donors (Lipinski definition) is 1. The van der Waals surface area contributed by atoms with Crippen LogP contribution < -0.4 is 0 Å². The monoisotopic (exact) mass is 188 g/mol. The second-order valence-corrected chi connectivity index (χ2v) is 3.06. The van der Waals surface area contributed by atoms with Gasteiger partial charge in [-0.2, -0.15) is 0 Å². The van der Waals surface area contributed by atoms with Crippen molar-refractivity contribution in [3.05, 3.63) is 54.1 Å². The Morgan fingerprint density at radius 2 is 2.14 bits per heavy atom. The molecule has 0 bridgehead atoms. The third-order valence-corrected chi connectivity index (χ3v) is 2.08. The van der Waals surface area contributed by atoms with Gasteiger partial charge in [0.1, 0.15) is 0 Å². The van der Waals surface area contributed by atoms with Crippen molar-refractivity contribution < 1.29 is 9.90 Å². The van der Waals surface area contributed by atoms with Crippen molar-refractivity contribution in [3.8, 4) is 0 Å². The Morgan fingerprint density at radius 1 is 1.50 bits per heavy atom. The maximum Gasteiger partial charge on any atom is 0.335 e. The lowest BCUT2D eigenvalue weighted by Crippen LogP contribution is -1.98. The molecule has 0 atom stereocenters. The fourth-order valence-electron chi connectivity index (χ4n) is 1.21. The summed E-state index contributed by atoms with van der Waals surface area (Å²) in [5, 5.41) is 8.80. The van der Waals surface area contributed by atoms with Crippen molar-refractivity contribution >= 4 is 11.5 Å². The summed E-state index contributed by atoms with van der Waals surface area (Å²) in [7, 11) is 0. The summed E-state index contributed by atoms with van der Waals surface area (Å²) in [6.07, 6.45) is 1.62. The Bertz CT molecular complexity index is 403. The molecule has 1 aromatic rings. The first-order valence-corrected chi connectivity index (χ1v) is 4.22. The summed E-state index contributed by atoms with van der Waals surface area (Å²) in [5.74, 6) is -0.928. The van der Waals surface area contributed by atoms with E-state index in [-0.39, 0.29) is 5.56 Å². The largest absolute Gasteiger partial charge is 0.478 e. The Labute approximate surface area is 83.2 Å². The van der Waals surface area contributed by atoms with E-state index in [4.69, 9.17) is 5.11 Å². The van der Waals surface area contributed by atoms with Crippen molar-refractivity contribution in [2.45, 2.75) is 6.92 Å². The fourth-order valence-corrected chi connectivity index (χ4v) is 1.21. The van der Waals surface area contributed by atoms with Crippen molar-refractivity contribution in [1.82, 2.24) is 0 Å². The van der Waals surface area contributed by atoms with Crippen LogP contribution >= 0.6 is 0 Å². The van der Waals surface area contributed by atoms with Crippen LogP contribution in [0.3, 0.4) is 0 Å². The summed E-state index contributed by atoms with van der Waals surface area (Å²) in [5.41, 5.74) is 2.85. The molecule has 2 nitrogen and oxygen atoms in total. The minimum atomic E-state index is -0.928. The lowest BCUT2D eigenvalue weighted by Gasteiger charge is -2.06. The van der Waals surface area contributed by atoms with Gasteiger partial charge in [-0.15, -0.1) is 0 Å². The van der Waals surface area contributed by atoms with E-state index in [1.54, 1.807) is 24.3 Å². The molecule has 0 aromatic heterocycles. The van der Waals surface area contributed by atoms with Gasteiger partial charge in [0, 0.05) is 0 Å². The van der Waals surface area contributed by atoms with E-state index in [1.807, 2.05) is 6.92 Å². The second kappa shape index (κ2) is 3.92. The van der Waals surface area contributed by atoms with Crippen LogP contribution in [0, 0.1) is 6.92 Å². The first-order valence-electron chi connectivity index (χ1n) is 4.22. The summed E-state index contributed by atoms with van der Waals surface area (Å²) in [4.78, 5) is 10.7. The number of rotatable bonds is 3. The van der Waals surface area contributed by atoms with Crippen LogP contribution in [0.5, 0.6) is 0 Å². The molecule has 0 unspecified atom stereocenters. The molecular formula is C12H12O2. The van der Waals surface area contributed by atoms with Crippen molar-refractivity contribution in [2.24, 2.45) is 0 Å². The van der Waals surface area contributed by atoms with Crippen LogP contribution in [0.4, 0.5) is 0 Å². The van der Waals surface area contributed by atoms with Gasteiger partial charge in [0.25, 0.3) is 0 Å². The predicted octanol–water partition coefficient (Wildman–Crippen LogP) is 2.89. The molecule has 0 fully saturated rings. The number of carbonyl (C=O) groups is 1. The lowest BCUT2D eigenvalue weighted by molar-refractivity contribution is 0.0697. The highest BCUT2D eigenvalue weighted by Gasteiger charge is 2.06. The molecule has 72 valence electrons. The Balaban J connectivity index is 3.28. The maximum atomic E-state index is 10.7. The van der Waals surface area contributed by atoms with Gasteiger partial charge in [-0.25, -0.2) is 4.79 Å². The number of allylic oxidation sites excluding steroid dienone is 2. The van der Waals surface area contributed by atoms with E-state index in [1.165, 1.54) is 0 Å². The van der Waals surface area contributed by atoms with Crippen molar-refractivity contribution in [1.29, 1.82) is 0 Å². The predicted molar refractivity (Wildman–Crippen MR) is 57.4 cm³/mol. The minimum Gasteiger partial charge on any atom is -0.478 e. The van der Waals surface area contributed by atoms with Crippen molar-refractivity contribution in [2.75, 3.05) is 0 Å². The Kier molecular flexibility index (Phi) is 2.87. The van der Waals surface area contributed by atoms with Gasteiger partial charge < -0.3 is 5.11 Å². The molecule has 1 N–H and O–H groups in total. The molecule has 2 heteroatoms. The molecule has 0 saturated heterocycles. The first kappa shape index (κ1) is 10.3. The average Bonchev–Trinajstić information content (AvgIpc) is 2.17. The summed E-state index contributed by atoms with van der Waals surface area (Å²) in [6.45, 7) is 9.31. The van der Waals surface area contributed by atoms with Crippen LogP contribution in [0.25, 0.3) is 5.57 Å². The summed E-state index contributed by atoms with van der Waals surface area (Å²) >= 11 is 0. The second-order valence-electron chi connectivity index (χ2n) is 3.06. The molecule has 0 spiro atoms. The summed E-state index contributed by atoms with van der Waals surface area (Å²) in [6, 6.07) is 4.96. The molecule has 0 aliphatic rings. The first-order chi connectivity index (χ1) is 6.56. The Morgan fingerprint density at radius 3 is 2.64 bits per heavy atom. The zero-order valence-electron chi connectivity index (χ0n) is 8.08. The highest BCUT2D eigenvalue weighted by Crippen LogP contribution is 2.19. The number of carboxylic acids is 1. The van der Waals surface area contributed by atoms with Crippen LogP contribution in [-0.2, 0) is 0 Å². The Hall–Kier alpha value is -1.83. The van der Waals surface area contributed by atoms with E-state index < -0.39 is 5.97 Å². The molecule has 14 heavy (non-hydrogen) atoms. The summed E-state index contributed by atoms with van der Waals surface area (Å²) < 4.78 is 0. The number of hydrogen-bond acceptors (Lipinski definition) is 1. The van der Waals surface area contributed by atoms with E-state index in [0.717, 1.165) is 16.7 Å². The van der Waals surface area contributed by atoms with Crippen LogP contribution in [0.15, 0.2) is 37.4 Å². The van der Waals surface area contributed by atoms with E-state index in [2.05, 4.69) is 13.2 Å². The molecule has 0 aliphatic heterocycles. The minimum absolute atomic E-state index is 0.272. The highest BCUT2D eigenvalue weighted by atomic mass is 16.4. The normalized spacial score (nSPS) is 9.50. The van der Waals surface area contributed by atoms with Crippen LogP contribution in [0.2, 0.25) is 0 Å². The molecule has 0 aliphatic carbocycles. The number of benzene rings is 1. The molecule has 0 saturated carbocycles. The van der Waals surface area contributed by atoms with E-state index in [0.29, 0.717) is 0 Å². The third-order valence-electron chi connectivity index (χ3n) is 2.08. The molecule has 1 rings (SSSR count). The SMILES string of the molecule is C=CC(=C)c1cc(C(=O)O)ccc1C. The number of carboxylic acid groups (broad SMARTS) is 1. The molecular weight excluding hydrogens is 176 g/mol. The smallest absolute Gasteiger partial charge is 0.335 e. The molecule has 1 aromatic carbocycles. The molecule has 0 heterocycles. The van der Waals surface area contributed by atoms with E-state index in [9.17, 15) is 4.79 Å². The van der Waals surface area contributed by atoms with Crippen LogP contribution in [0.1, 0.15) is 21.5 Å². The van der Waals surface area contributed by atoms with E-state index >= 15 is 0 Å². The van der Waals surface area contributed by atoms with Gasteiger partial charge in [-0.05, 0) is 35.8 Å². The van der Waals surface area contributed by atoms with Crippen molar-refractivity contribution in [3.63, 3.8) is 0 Å². The van der Waals surface area contributed by atoms with Gasteiger partial charge >= 0.3 is 5.97 Å². The van der Waals surface area contributed by atoms with Gasteiger partial charge in [0.15, 0.2) is 0 Å². The molecule has 0 radical (unpaired) electrons. The third kappa shape index (κ3) is 1.91. The van der Waals surface area contributed by atoms with Crippen LogP contribution in [-0.4, -0.2) is 11.1 Å². The standard InChI is InChI=1S/C12H12O2/c1-4-8(2)11-7-10(12(13)14)6-5-9(11)3/h4-7H,1-2H2,3H3,(H,13,14). The van der Waals surface area contributed by atoms with Gasteiger partial charge in [0.05, 0.1) is 5.56 Å².